The maximum Gasteiger partial charge on any atom is 0.0716 e. The van der Waals surface area contributed by atoms with Crippen molar-refractivity contribution in [3.63, 3.8) is 0 Å². The Balaban J connectivity index is 1.68. The fourth-order valence-electron chi connectivity index (χ4n) is 2.71. The molecule has 0 radical (unpaired) electrons. The highest BCUT2D eigenvalue weighted by Crippen LogP contribution is 2.22. The first-order valence-corrected chi connectivity index (χ1v) is 7.93. The molecular formula is C18H29NO. The van der Waals surface area contributed by atoms with Crippen LogP contribution in [0, 0.1) is 5.92 Å². The second-order valence-electron chi connectivity index (χ2n) is 7.00. The van der Waals surface area contributed by atoms with Crippen LogP contribution in [0.3, 0.4) is 0 Å². The number of piperidine rings is 1. The zero-order valence-corrected chi connectivity index (χ0v) is 13.2. The summed E-state index contributed by atoms with van der Waals surface area (Å²) >= 11 is 0. The topological polar surface area (TPSA) is 21.3 Å². The minimum atomic E-state index is 0.230. The van der Waals surface area contributed by atoms with Crippen LogP contribution in [0.15, 0.2) is 24.3 Å². The minimum Gasteiger partial charge on any atom is -0.377 e. The summed E-state index contributed by atoms with van der Waals surface area (Å²) in [6.45, 7) is 10.7. The first-order valence-electron chi connectivity index (χ1n) is 7.93. The van der Waals surface area contributed by atoms with Gasteiger partial charge in [0, 0.05) is 6.61 Å². The fourth-order valence-corrected chi connectivity index (χ4v) is 2.71. The van der Waals surface area contributed by atoms with E-state index in [1.54, 1.807) is 0 Å². The van der Waals surface area contributed by atoms with Crippen LogP contribution in [0.25, 0.3) is 0 Å². The lowest BCUT2D eigenvalue weighted by atomic mass is 9.87. The molecule has 1 aliphatic rings. The van der Waals surface area contributed by atoms with E-state index >= 15 is 0 Å². The molecule has 1 aromatic rings. The fraction of sp³-hybridized carbons (Fsp3) is 0.667. The summed E-state index contributed by atoms with van der Waals surface area (Å²) in [7, 11) is 0. The predicted molar refractivity (Wildman–Crippen MR) is 85.0 cm³/mol. The molecule has 1 saturated heterocycles. The van der Waals surface area contributed by atoms with Crippen molar-refractivity contribution in [1.82, 2.24) is 5.32 Å². The predicted octanol–water partition coefficient (Wildman–Crippen LogP) is 3.89. The summed E-state index contributed by atoms with van der Waals surface area (Å²) in [4.78, 5) is 0. The Morgan fingerprint density at radius 1 is 1.20 bits per heavy atom. The molecule has 1 heterocycles. The molecule has 0 aromatic heterocycles. The highest BCUT2D eigenvalue weighted by atomic mass is 16.5. The van der Waals surface area contributed by atoms with Crippen LogP contribution in [-0.4, -0.2) is 19.7 Å². The number of nitrogens with one attached hydrogen (secondary N) is 1. The molecule has 0 amide bonds. The number of benzene rings is 1. The maximum absolute atomic E-state index is 5.82. The van der Waals surface area contributed by atoms with Gasteiger partial charge in [0.25, 0.3) is 0 Å². The summed E-state index contributed by atoms with van der Waals surface area (Å²) in [5, 5.41) is 3.46. The second kappa shape index (κ2) is 7.24. The van der Waals surface area contributed by atoms with Gasteiger partial charge in [-0.3, -0.25) is 0 Å². The molecule has 0 unspecified atom stereocenters. The van der Waals surface area contributed by atoms with Crippen molar-refractivity contribution in [3.8, 4) is 0 Å². The van der Waals surface area contributed by atoms with Crippen molar-refractivity contribution < 1.29 is 4.74 Å². The van der Waals surface area contributed by atoms with Gasteiger partial charge in [-0.05, 0) is 54.8 Å². The number of rotatable bonds is 5. The standard InChI is InChI=1S/C18H29NO/c1-18(2,3)17-8-6-16(7-9-17)14-20-12-10-15-5-4-11-19-13-15/h6-9,15,19H,4-5,10-14H2,1-3H3/t15-/m0/s1. The van der Waals surface area contributed by atoms with Gasteiger partial charge < -0.3 is 10.1 Å². The zero-order valence-electron chi connectivity index (χ0n) is 13.2. The van der Waals surface area contributed by atoms with Crippen molar-refractivity contribution in [2.45, 2.75) is 52.1 Å². The van der Waals surface area contributed by atoms with Gasteiger partial charge in [-0.25, -0.2) is 0 Å². The van der Waals surface area contributed by atoms with Crippen molar-refractivity contribution in [3.05, 3.63) is 35.4 Å². The molecule has 112 valence electrons. The lowest BCUT2D eigenvalue weighted by molar-refractivity contribution is 0.103. The van der Waals surface area contributed by atoms with Crippen molar-refractivity contribution in [1.29, 1.82) is 0 Å². The van der Waals surface area contributed by atoms with E-state index in [4.69, 9.17) is 4.74 Å². The number of hydrogen-bond acceptors (Lipinski definition) is 2. The van der Waals surface area contributed by atoms with Crippen molar-refractivity contribution in [2.75, 3.05) is 19.7 Å². The third kappa shape index (κ3) is 4.92. The molecule has 1 aromatic carbocycles. The minimum absolute atomic E-state index is 0.230. The Kier molecular flexibility index (Phi) is 5.62. The van der Waals surface area contributed by atoms with E-state index in [2.05, 4.69) is 50.4 Å². The van der Waals surface area contributed by atoms with Crippen LogP contribution in [0.5, 0.6) is 0 Å². The molecule has 0 spiro atoms. The smallest absolute Gasteiger partial charge is 0.0716 e. The normalized spacial score (nSPS) is 20.1. The van der Waals surface area contributed by atoms with E-state index < -0.39 is 0 Å². The third-order valence-electron chi connectivity index (χ3n) is 4.16. The van der Waals surface area contributed by atoms with Gasteiger partial charge in [-0.15, -0.1) is 0 Å². The van der Waals surface area contributed by atoms with Crippen LogP contribution in [0.2, 0.25) is 0 Å². The highest BCUT2D eigenvalue weighted by molar-refractivity contribution is 5.27. The molecule has 2 nitrogen and oxygen atoms in total. The molecule has 1 N–H and O–H groups in total. The molecule has 1 atom stereocenters. The van der Waals surface area contributed by atoms with Gasteiger partial charge >= 0.3 is 0 Å². The van der Waals surface area contributed by atoms with E-state index in [1.807, 2.05) is 0 Å². The van der Waals surface area contributed by atoms with E-state index in [0.717, 1.165) is 19.1 Å². The Labute approximate surface area is 123 Å². The van der Waals surface area contributed by atoms with Crippen LogP contribution < -0.4 is 5.32 Å². The van der Waals surface area contributed by atoms with Gasteiger partial charge in [-0.1, -0.05) is 45.0 Å². The van der Waals surface area contributed by atoms with Gasteiger partial charge in [0.15, 0.2) is 0 Å². The SMILES string of the molecule is CC(C)(C)c1ccc(COCC[C@@H]2CCCNC2)cc1. The van der Waals surface area contributed by atoms with Crippen LogP contribution in [0.1, 0.15) is 51.2 Å². The van der Waals surface area contributed by atoms with Gasteiger partial charge in [0.2, 0.25) is 0 Å². The molecule has 0 aliphatic carbocycles. The maximum atomic E-state index is 5.82. The summed E-state index contributed by atoms with van der Waals surface area (Å²) < 4.78 is 5.82. The molecule has 2 heteroatoms. The van der Waals surface area contributed by atoms with Crippen molar-refractivity contribution >= 4 is 0 Å². The molecular weight excluding hydrogens is 246 g/mol. The zero-order chi connectivity index (χ0) is 14.4. The molecule has 1 fully saturated rings. The molecule has 2 rings (SSSR count). The summed E-state index contributed by atoms with van der Waals surface area (Å²) in [5.74, 6) is 0.812. The van der Waals surface area contributed by atoms with Crippen LogP contribution >= 0.6 is 0 Å². The molecule has 0 saturated carbocycles. The molecule has 1 aliphatic heterocycles. The monoisotopic (exact) mass is 275 g/mol. The van der Waals surface area contributed by atoms with Gasteiger partial charge in [-0.2, -0.15) is 0 Å². The summed E-state index contributed by atoms with van der Waals surface area (Å²) in [5.41, 5.74) is 2.89. The molecule has 0 bridgehead atoms. The quantitative estimate of drug-likeness (QED) is 0.823. The lowest BCUT2D eigenvalue weighted by Crippen LogP contribution is -2.30. The Morgan fingerprint density at radius 2 is 1.95 bits per heavy atom. The largest absolute Gasteiger partial charge is 0.377 e. The highest BCUT2D eigenvalue weighted by Gasteiger charge is 2.13. The number of ether oxygens (including phenoxy) is 1. The van der Waals surface area contributed by atoms with E-state index in [-0.39, 0.29) is 5.41 Å². The summed E-state index contributed by atoms with van der Waals surface area (Å²) in [6.07, 6.45) is 3.86. The Morgan fingerprint density at radius 3 is 2.55 bits per heavy atom. The van der Waals surface area contributed by atoms with Crippen molar-refractivity contribution in [2.24, 2.45) is 5.92 Å². The first-order chi connectivity index (χ1) is 9.55. The number of hydrogen-bond donors (Lipinski definition) is 1. The Hall–Kier alpha value is -0.860. The third-order valence-corrected chi connectivity index (χ3v) is 4.16. The Bertz CT molecular complexity index is 385. The average molecular weight is 275 g/mol. The van der Waals surface area contributed by atoms with Crippen LogP contribution in [0.4, 0.5) is 0 Å². The van der Waals surface area contributed by atoms with E-state index in [1.165, 1.54) is 43.5 Å². The van der Waals surface area contributed by atoms with Gasteiger partial charge in [0.05, 0.1) is 6.61 Å². The average Bonchev–Trinajstić information content (AvgIpc) is 2.44. The van der Waals surface area contributed by atoms with Crippen LogP contribution in [-0.2, 0) is 16.8 Å². The lowest BCUT2D eigenvalue weighted by Gasteiger charge is -2.22. The van der Waals surface area contributed by atoms with E-state index in [9.17, 15) is 0 Å². The summed E-state index contributed by atoms with van der Waals surface area (Å²) in [6, 6.07) is 8.85. The van der Waals surface area contributed by atoms with E-state index in [0.29, 0.717) is 0 Å². The molecule has 20 heavy (non-hydrogen) atoms. The second-order valence-corrected chi connectivity index (χ2v) is 7.00. The van der Waals surface area contributed by atoms with Gasteiger partial charge in [0.1, 0.15) is 0 Å². The first kappa shape index (κ1) is 15.5.